The van der Waals surface area contributed by atoms with E-state index in [-0.39, 0.29) is 22.5 Å². The van der Waals surface area contributed by atoms with Crippen molar-refractivity contribution in [3.8, 4) is 33.8 Å². The van der Waals surface area contributed by atoms with E-state index in [0.29, 0.717) is 16.9 Å². The van der Waals surface area contributed by atoms with E-state index >= 15 is 0 Å². The Bertz CT molecular complexity index is 1320. The summed E-state index contributed by atoms with van der Waals surface area (Å²) in [4.78, 5) is 22.9. The molecule has 178 valence electrons. The molecule has 0 aromatic heterocycles. The van der Waals surface area contributed by atoms with Crippen LogP contribution in [0.3, 0.4) is 0 Å². The van der Waals surface area contributed by atoms with E-state index in [0.717, 1.165) is 17.9 Å². The highest BCUT2D eigenvalue weighted by Gasteiger charge is 2.14. The van der Waals surface area contributed by atoms with E-state index in [1.807, 2.05) is 0 Å². The van der Waals surface area contributed by atoms with Crippen molar-refractivity contribution in [2.45, 2.75) is 13.8 Å². The van der Waals surface area contributed by atoms with Crippen LogP contribution in [0.5, 0.6) is 11.5 Å². The summed E-state index contributed by atoms with van der Waals surface area (Å²) < 4.78 is 44.3. The van der Waals surface area contributed by atoms with Crippen LogP contribution in [0.25, 0.3) is 22.3 Å². The van der Waals surface area contributed by atoms with E-state index < -0.39 is 23.6 Å². The number of ether oxygens (including phenoxy) is 3. The summed E-state index contributed by atoms with van der Waals surface area (Å²) in [5.74, 6) is -2.42. The molecule has 0 radical (unpaired) electrons. The summed E-state index contributed by atoms with van der Waals surface area (Å²) in [7, 11) is 0. The van der Waals surface area contributed by atoms with Crippen LogP contribution in [-0.2, 0) is 14.3 Å². The maximum absolute atomic E-state index is 14.9. The number of rotatable bonds is 8. The lowest BCUT2D eigenvalue weighted by atomic mass is 9.99. The summed E-state index contributed by atoms with van der Waals surface area (Å²) in [5.41, 5.74) is 2.23. The van der Waals surface area contributed by atoms with Gasteiger partial charge in [-0.05, 0) is 60.9 Å². The van der Waals surface area contributed by atoms with Crippen molar-refractivity contribution >= 4 is 11.9 Å². The van der Waals surface area contributed by atoms with Gasteiger partial charge < -0.3 is 14.2 Å². The number of benzene rings is 3. The van der Waals surface area contributed by atoms with Gasteiger partial charge in [0.2, 0.25) is 0 Å². The molecule has 0 amide bonds. The van der Waals surface area contributed by atoms with Gasteiger partial charge in [0.05, 0.1) is 0 Å². The Hall–Kier alpha value is -4.52. The second-order valence-electron chi connectivity index (χ2n) is 7.61. The van der Waals surface area contributed by atoms with Crippen molar-refractivity contribution < 1.29 is 32.6 Å². The molecule has 0 aliphatic heterocycles. The standard InChI is InChI=1S/C28H22F2O5/c1-17(2)27(31)34-14-13-33-22-9-5-19(6-10-22)20-7-11-23(24(29)15-20)21-8-12-26(25(30)16-21)35-28(32)18(3)4/h5-16H,1,3H2,2,4H3/b14-13-. The van der Waals surface area contributed by atoms with Crippen LogP contribution < -0.4 is 9.47 Å². The Morgan fingerprint density at radius 1 is 0.743 bits per heavy atom. The third kappa shape index (κ3) is 6.51. The largest absolute Gasteiger partial charge is 0.462 e. The van der Waals surface area contributed by atoms with Crippen LogP contribution in [-0.4, -0.2) is 11.9 Å². The highest BCUT2D eigenvalue weighted by molar-refractivity contribution is 5.89. The molecule has 0 saturated carbocycles. The molecule has 0 aliphatic rings. The van der Waals surface area contributed by atoms with Gasteiger partial charge in [-0.2, -0.15) is 0 Å². The van der Waals surface area contributed by atoms with Crippen LogP contribution in [0.15, 0.2) is 97.5 Å². The quantitative estimate of drug-likeness (QED) is 0.156. The molecule has 0 aliphatic carbocycles. The van der Waals surface area contributed by atoms with Crippen molar-refractivity contribution in [1.82, 2.24) is 0 Å². The second-order valence-corrected chi connectivity index (χ2v) is 7.61. The topological polar surface area (TPSA) is 61.8 Å². The number of carbonyl (C=O) groups is 2. The van der Waals surface area contributed by atoms with Crippen molar-refractivity contribution in [3.63, 3.8) is 0 Å². The lowest BCUT2D eigenvalue weighted by molar-refractivity contribution is -0.133. The van der Waals surface area contributed by atoms with Crippen LogP contribution in [0.1, 0.15) is 13.8 Å². The molecule has 3 aromatic carbocycles. The number of hydrogen-bond donors (Lipinski definition) is 0. The van der Waals surface area contributed by atoms with Crippen LogP contribution >= 0.6 is 0 Å². The van der Waals surface area contributed by atoms with Gasteiger partial charge in [0.25, 0.3) is 0 Å². The van der Waals surface area contributed by atoms with Gasteiger partial charge in [0, 0.05) is 16.7 Å². The minimum absolute atomic E-state index is 0.135. The fraction of sp³-hybridized carbons (Fsp3) is 0.0714. The van der Waals surface area contributed by atoms with Crippen LogP contribution in [0.2, 0.25) is 0 Å². The molecule has 0 fully saturated rings. The summed E-state index contributed by atoms with van der Waals surface area (Å²) in [6, 6.07) is 15.3. The second kappa shape index (κ2) is 11.1. The van der Waals surface area contributed by atoms with Crippen molar-refractivity contribution in [1.29, 1.82) is 0 Å². The summed E-state index contributed by atoms with van der Waals surface area (Å²) in [5, 5.41) is 0. The fourth-order valence-electron chi connectivity index (χ4n) is 2.89. The summed E-state index contributed by atoms with van der Waals surface area (Å²) in [6.45, 7) is 9.90. The van der Waals surface area contributed by atoms with Gasteiger partial charge in [0.15, 0.2) is 11.6 Å². The third-order valence-corrected chi connectivity index (χ3v) is 4.73. The van der Waals surface area contributed by atoms with Gasteiger partial charge in [-0.15, -0.1) is 0 Å². The highest BCUT2D eigenvalue weighted by Crippen LogP contribution is 2.31. The molecule has 0 spiro atoms. The first kappa shape index (κ1) is 25.1. The lowest BCUT2D eigenvalue weighted by Gasteiger charge is -2.10. The van der Waals surface area contributed by atoms with Crippen LogP contribution in [0, 0.1) is 11.6 Å². The molecular weight excluding hydrogens is 454 g/mol. The molecule has 0 heterocycles. The number of halogens is 2. The van der Waals surface area contributed by atoms with Crippen molar-refractivity contribution in [2.75, 3.05) is 0 Å². The lowest BCUT2D eigenvalue weighted by Crippen LogP contribution is -2.09. The minimum atomic E-state index is -0.792. The first-order chi connectivity index (χ1) is 16.7. The Kier molecular flexibility index (Phi) is 7.94. The van der Waals surface area contributed by atoms with Gasteiger partial charge in [0.1, 0.15) is 24.1 Å². The fourth-order valence-corrected chi connectivity index (χ4v) is 2.89. The van der Waals surface area contributed by atoms with Crippen LogP contribution in [0.4, 0.5) is 8.78 Å². The average molecular weight is 476 g/mol. The SMILES string of the molecule is C=C(C)C(=O)O/C=C\Oc1ccc(-c2ccc(-c3ccc(OC(=O)C(=C)C)c(F)c3)c(F)c2)cc1. The maximum atomic E-state index is 14.9. The van der Waals surface area contributed by atoms with E-state index in [1.165, 1.54) is 38.3 Å². The zero-order chi connectivity index (χ0) is 25.5. The highest BCUT2D eigenvalue weighted by atomic mass is 19.1. The minimum Gasteiger partial charge on any atom is -0.462 e. The monoisotopic (exact) mass is 476 g/mol. The van der Waals surface area contributed by atoms with Gasteiger partial charge in [-0.3, -0.25) is 0 Å². The summed E-state index contributed by atoms with van der Waals surface area (Å²) >= 11 is 0. The average Bonchev–Trinajstić information content (AvgIpc) is 2.83. The molecule has 0 saturated heterocycles. The van der Waals surface area contributed by atoms with Gasteiger partial charge in [-0.1, -0.05) is 43.5 Å². The number of carbonyl (C=O) groups excluding carboxylic acids is 2. The molecular formula is C28H22F2O5. The normalized spacial score (nSPS) is 10.6. The Morgan fingerprint density at radius 2 is 1.34 bits per heavy atom. The van der Waals surface area contributed by atoms with E-state index in [4.69, 9.17) is 14.2 Å². The number of esters is 2. The van der Waals surface area contributed by atoms with E-state index in [9.17, 15) is 18.4 Å². The zero-order valence-electron chi connectivity index (χ0n) is 19.1. The maximum Gasteiger partial charge on any atom is 0.338 e. The first-order valence-corrected chi connectivity index (χ1v) is 10.4. The molecule has 35 heavy (non-hydrogen) atoms. The first-order valence-electron chi connectivity index (χ1n) is 10.4. The van der Waals surface area contributed by atoms with Crippen molar-refractivity contribution in [3.05, 3.63) is 109 Å². The molecule has 0 N–H and O–H groups in total. The molecule has 7 heteroatoms. The predicted octanol–water partition coefficient (Wildman–Crippen LogP) is 6.75. The molecule has 0 bridgehead atoms. The van der Waals surface area contributed by atoms with Crippen molar-refractivity contribution in [2.24, 2.45) is 0 Å². The Balaban J connectivity index is 1.71. The molecule has 3 rings (SSSR count). The number of hydrogen-bond acceptors (Lipinski definition) is 5. The molecule has 0 unspecified atom stereocenters. The predicted molar refractivity (Wildman–Crippen MR) is 128 cm³/mol. The summed E-state index contributed by atoms with van der Waals surface area (Å²) in [6.07, 6.45) is 2.33. The van der Waals surface area contributed by atoms with Gasteiger partial charge >= 0.3 is 11.9 Å². The molecule has 5 nitrogen and oxygen atoms in total. The molecule has 3 aromatic rings. The Labute approximate surface area is 201 Å². The third-order valence-electron chi connectivity index (χ3n) is 4.73. The van der Waals surface area contributed by atoms with E-state index in [1.54, 1.807) is 36.4 Å². The zero-order valence-corrected chi connectivity index (χ0v) is 19.1. The van der Waals surface area contributed by atoms with E-state index in [2.05, 4.69) is 13.2 Å². The Morgan fingerprint density at radius 3 is 1.94 bits per heavy atom. The molecule has 0 atom stereocenters. The van der Waals surface area contributed by atoms with Gasteiger partial charge in [-0.25, -0.2) is 18.4 Å². The smallest absolute Gasteiger partial charge is 0.338 e.